The summed E-state index contributed by atoms with van der Waals surface area (Å²) >= 11 is 0. The molecule has 0 bridgehead atoms. The van der Waals surface area contributed by atoms with Crippen LogP contribution in [0.25, 0.3) is 0 Å². The maximum Gasteiger partial charge on any atom is 0.329 e. The molecule has 0 aliphatic carbocycles. The zero-order valence-corrected chi connectivity index (χ0v) is 10.2. The number of carboxylic acids is 1. The molecule has 0 aliphatic rings. The average molecular weight is 232 g/mol. The van der Waals surface area contributed by atoms with Crippen molar-refractivity contribution < 1.29 is 9.90 Å². The van der Waals surface area contributed by atoms with E-state index in [4.69, 9.17) is 10.4 Å². The predicted octanol–water partition coefficient (Wildman–Crippen LogP) is 2.53. The molecule has 1 aromatic carbocycles. The molecule has 0 saturated carbocycles. The van der Waals surface area contributed by atoms with E-state index in [2.05, 4.69) is 11.4 Å². The summed E-state index contributed by atoms with van der Waals surface area (Å²) in [6.45, 7) is 5.29. The molecule has 0 saturated heterocycles. The molecule has 1 rings (SSSR count). The van der Waals surface area contributed by atoms with Crippen LogP contribution in [0.1, 0.15) is 31.4 Å². The number of carboxylic acid groups (broad SMARTS) is 1. The fourth-order valence-corrected chi connectivity index (χ4v) is 1.48. The highest BCUT2D eigenvalue weighted by Gasteiger charge is 2.30. The van der Waals surface area contributed by atoms with Gasteiger partial charge in [-0.25, -0.2) is 4.79 Å². The predicted molar refractivity (Wildman–Crippen MR) is 65.8 cm³/mol. The van der Waals surface area contributed by atoms with E-state index in [-0.39, 0.29) is 0 Å². The van der Waals surface area contributed by atoms with Gasteiger partial charge in [0.05, 0.1) is 11.6 Å². The van der Waals surface area contributed by atoms with E-state index in [1.54, 1.807) is 25.1 Å². The van der Waals surface area contributed by atoms with Crippen LogP contribution in [0.15, 0.2) is 18.2 Å². The summed E-state index contributed by atoms with van der Waals surface area (Å²) in [6.07, 6.45) is 0.474. The monoisotopic (exact) mass is 232 g/mol. The second-order valence-electron chi connectivity index (χ2n) is 4.26. The number of rotatable bonds is 4. The molecule has 1 atom stereocenters. The lowest BCUT2D eigenvalue weighted by Crippen LogP contribution is -2.42. The number of aryl methyl sites for hydroxylation is 1. The molecule has 0 aromatic heterocycles. The van der Waals surface area contributed by atoms with E-state index in [0.29, 0.717) is 17.7 Å². The summed E-state index contributed by atoms with van der Waals surface area (Å²) in [5.74, 6) is -0.887. The zero-order valence-electron chi connectivity index (χ0n) is 10.2. The van der Waals surface area contributed by atoms with E-state index in [9.17, 15) is 4.79 Å². The fourth-order valence-electron chi connectivity index (χ4n) is 1.48. The number of hydrogen-bond acceptors (Lipinski definition) is 3. The Morgan fingerprint density at radius 2 is 2.24 bits per heavy atom. The quantitative estimate of drug-likeness (QED) is 0.836. The molecule has 0 fully saturated rings. The largest absolute Gasteiger partial charge is 0.480 e. The lowest BCUT2D eigenvalue weighted by molar-refractivity contribution is -0.141. The van der Waals surface area contributed by atoms with Gasteiger partial charge in [0, 0.05) is 5.69 Å². The van der Waals surface area contributed by atoms with Crippen molar-refractivity contribution in [2.24, 2.45) is 0 Å². The number of anilines is 1. The molecular weight excluding hydrogens is 216 g/mol. The number of aliphatic carboxylic acids is 1. The van der Waals surface area contributed by atoms with Crippen LogP contribution >= 0.6 is 0 Å². The molecule has 90 valence electrons. The van der Waals surface area contributed by atoms with Gasteiger partial charge in [-0.1, -0.05) is 6.92 Å². The minimum absolute atomic E-state index is 0.474. The van der Waals surface area contributed by atoms with Gasteiger partial charge in [-0.3, -0.25) is 0 Å². The molecule has 0 spiro atoms. The minimum atomic E-state index is -0.986. The van der Waals surface area contributed by atoms with Crippen molar-refractivity contribution in [1.82, 2.24) is 0 Å². The molecule has 4 heteroatoms. The van der Waals surface area contributed by atoms with Crippen LogP contribution in [0.5, 0.6) is 0 Å². The first kappa shape index (κ1) is 13.0. The van der Waals surface area contributed by atoms with Crippen LogP contribution in [0, 0.1) is 18.3 Å². The Labute approximate surface area is 101 Å². The summed E-state index contributed by atoms with van der Waals surface area (Å²) in [4.78, 5) is 11.1. The van der Waals surface area contributed by atoms with Gasteiger partial charge in [-0.2, -0.15) is 5.26 Å². The molecule has 0 amide bonds. The Hall–Kier alpha value is -2.02. The van der Waals surface area contributed by atoms with Gasteiger partial charge in [-0.05, 0) is 44.0 Å². The molecule has 4 nitrogen and oxygen atoms in total. The maximum atomic E-state index is 11.1. The van der Waals surface area contributed by atoms with Crippen molar-refractivity contribution in [3.05, 3.63) is 29.3 Å². The van der Waals surface area contributed by atoms with Crippen LogP contribution in [-0.4, -0.2) is 16.6 Å². The van der Waals surface area contributed by atoms with E-state index < -0.39 is 11.5 Å². The van der Waals surface area contributed by atoms with Crippen molar-refractivity contribution in [1.29, 1.82) is 5.26 Å². The first-order valence-electron chi connectivity index (χ1n) is 5.45. The Morgan fingerprint density at radius 3 is 2.65 bits per heavy atom. The highest BCUT2D eigenvalue weighted by Crippen LogP contribution is 2.21. The van der Waals surface area contributed by atoms with Crippen molar-refractivity contribution in [3.8, 4) is 6.07 Å². The van der Waals surface area contributed by atoms with E-state index in [0.717, 1.165) is 5.56 Å². The van der Waals surface area contributed by atoms with E-state index in [1.807, 2.05) is 13.8 Å². The first-order chi connectivity index (χ1) is 7.92. The third kappa shape index (κ3) is 2.76. The average Bonchev–Trinajstić information content (AvgIpc) is 2.29. The first-order valence-corrected chi connectivity index (χ1v) is 5.45. The summed E-state index contributed by atoms with van der Waals surface area (Å²) in [5.41, 5.74) is 1.17. The summed E-state index contributed by atoms with van der Waals surface area (Å²) < 4.78 is 0. The zero-order chi connectivity index (χ0) is 13.1. The molecule has 0 heterocycles. The van der Waals surface area contributed by atoms with Gasteiger partial charge >= 0.3 is 5.97 Å². The van der Waals surface area contributed by atoms with E-state index in [1.165, 1.54) is 0 Å². The maximum absolute atomic E-state index is 11.1. The smallest absolute Gasteiger partial charge is 0.329 e. The fraction of sp³-hybridized carbons (Fsp3) is 0.385. The van der Waals surface area contributed by atoms with Gasteiger partial charge in [0.25, 0.3) is 0 Å². The molecule has 2 N–H and O–H groups in total. The number of nitrogens with one attached hydrogen (secondary N) is 1. The normalized spacial score (nSPS) is 13.5. The summed E-state index contributed by atoms with van der Waals surface area (Å²) in [6, 6.07) is 7.28. The Morgan fingerprint density at radius 1 is 1.59 bits per heavy atom. The standard InChI is InChI=1S/C13H16N2O2/c1-4-13(3,12(16)17)15-11-6-5-10(8-14)9(2)7-11/h5-7,15H,4H2,1-3H3,(H,16,17). The topological polar surface area (TPSA) is 73.1 Å². The van der Waals surface area contributed by atoms with Crippen LogP contribution in [-0.2, 0) is 4.79 Å². The minimum Gasteiger partial charge on any atom is -0.480 e. The second-order valence-corrected chi connectivity index (χ2v) is 4.26. The third-order valence-electron chi connectivity index (χ3n) is 2.95. The molecule has 0 radical (unpaired) electrons. The lowest BCUT2D eigenvalue weighted by atomic mass is 9.98. The molecule has 1 unspecified atom stereocenters. The van der Waals surface area contributed by atoms with Gasteiger partial charge in [0.1, 0.15) is 5.54 Å². The number of nitrogens with zero attached hydrogens (tertiary/aromatic N) is 1. The number of carbonyl (C=O) groups is 1. The summed E-state index contributed by atoms with van der Waals surface area (Å²) in [5, 5.41) is 20.9. The highest BCUT2D eigenvalue weighted by molar-refractivity contribution is 5.82. The molecule has 0 aliphatic heterocycles. The van der Waals surface area contributed by atoms with Crippen molar-refractivity contribution in [2.75, 3.05) is 5.32 Å². The van der Waals surface area contributed by atoms with E-state index >= 15 is 0 Å². The third-order valence-corrected chi connectivity index (χ3v) is 2.95. The Kier molecular flexibility index (Phi) is 3.74. The molecule has 1 aromatic rings. The van der Waals surface area contributed by atoms with Crippen LogP contribution in [0.3, 0.4) is 0 Å². The Balaban J connectivity index is 3.00. The highest BCUT2D eigenvalue weighted by atomic mass is 16.4. The molecule has 17 heavy (non-hydrogen) atoms. The Bertz CT molecular complexity index is 477. The van der Waals surface area contributed by atoms with Crippen molar-refractivity contribution in [2.45, 2.75) is 32.7 Å². The lowest BCUT2D eigenvalue weighted by Gasteiger charge is -2.26. The van der Waals surface area contributed by atoms with Crippen LogP contribution < -0.4 is 5.32 Å². The van der Waals surface area contributed by atoms with Crippen LogP contribution in [0.2, 0.25) is 0 Å². The number of hydrogen-bond donors (Lipinski definition) is 2. The molecular formula is C13H16N2O2. The van der Waals surface area contributed by atoms with Gasteiger partial charge in [0.2, 0.25) is 0 Å². The van der Waals surface area contributed by atoms with Gasteiger partial charge < -0.3 is 10.4 Å². The van der Waals surface area contributed by atoms with Crippen molar-refractivity contribution >= 4 is 11.7 Å². The second kappa shape index (κ2) is 4.88. The van der Waals surface area contributed by atoms with Crippen molar-refractivity contribution in [3.63, 3.8) is 0 Å². The number of nitriles is 1. The van der Waals surface area contributed by atoms with Gasteiger partial charge in [-0.15, -0.1) is 0 Å². The van der Waals surface area contributed by atoms with Gasteiger partial charge in [0.15, 0.2) is 0 Å². The summed E-state index contributed by atoms with van der Waals surface area (Å²) in [7, 11) is 0. The number of benzene rings is 1. The SMILES string of the molecule is CCC(C)(Nc1ccc(C#N)c(C)c1)C(=O)O. The van der Waals surface area contributed by atoms with Crippen LogP contribution in [0.4, 0.5) is 5.69 Å².